The number of benzene rings is 1. The van der Waals surface area contributed by atoms with Gasteiger partial charge >= 0.3 is 0 Å². The van der Waals surface area contributed by atoms with Crippen molar-refractivity contribution in [2.45, 2.75) is 12.8 Å². The fourth-order valence-corrected chi connectivity index (χ4v) is 1.87. The Morgan fingerprint density at radius 1 is 1.53 bits per heavy atom. The molecule has 0 spiro atoms. The number of anilines is 1. The topological polar surface area (TPSA) is 55.1 Å². The average Bonchev–Trinajstić information content (AvgIpc) is 2.20. The Balaban J connectivity index is 2.26. The van der Waals surface area contributed by atoms with Crippen LogP contribution in [-0.4, -0.2) is 12.5 Å². The Labute approximate surface area is 87.5 Å². The zero-order valence-corrected chi connectivity index (χ0v) is 8.29. The van der Waals surface area contributed by atoms with Crippen molar-refractivity contribution in [3.8, 4) is 0 Å². The van der Waals surface area contributed by atoms with Crippen LogP contribution in [0.15, 0.2) is 18.2 Å². The maximum Gasteiger partial charge on any atom is 0.227 e. The quantitative estimate of drug-likeness (QED) is 0.769. The molecular weight excluding hydrogens is 195 g/mol. The third-order valence-electron chi connectivity index (χ3n) is 2.68. The average molecular weight is 208 g/mol. The van der Waals surface area contributed by atoms with Crippen LogP contribution >= 0.6 is 0 Å². The molecule has 0 fully saturated rings. The summed E-state index contributed by atoms with van der Waals surface area (Å²) in [5, 5.41) is 2.70. The number of amides is 1. The fraction of sp³-hybridized carbons (Fsp3) is 0.364. The van der Waals surface area contributed by atoms with Crippen LogP contribution in [-0.2, 0) is 11.2 Å². The Morgan fingerprint density at radius 3 is 3.07 bits per heavy atom. The molecule has 1 aromatic rings. The second-order valence-electron chi connectivity index (χ2n) is 3.77. The van der Waals surface area contributed by atoms with Crippen molar-refractivity contribution >= 4 is 11.6 Å². The molecule has 1 heterocycles. The predicted octanol–water partition coefficient (Wildman–Crippen LogP) is 1.29. The highest BCUT2D eigenvalue weighted by atomic mass is 19.1. The number of halogens is 1. The van der Waals surface area contributed by atoms with Gasteiger partial charge in [-0.2, -0.15) is 0 Å². The number of fused-ring (bicyclic) bond motifs is 1. The standard InChI is InChI=1S/C11H13FN2O/c12-9-2-1-7-5-8(3-4-13)11(15)14-10(7)6-9/h1-2,6,8H,3-5,13H2,(H,14,15). The molecule has 0 aromatic heterocycles. The Morgan fingerprint density at radius 2 is 2.33 bits per heavy atom. The van der Waals surface area contributed by atoms with Crippen molar-refractivity contribution < 1.29 is 9.18 Å². The number of nitrogens with two attached hydrogens (primary N) is 1. The lowest BCUT2D eigenvalue weighted by Gasteiger charge is -2.24. The minimum absolute atomic E-state index is 0.0569. The van der Waals surface area contributed by atoms with Crippen LogP contribution < -0.4 is 11.1 Å². The van der Waals surface area contributed by atoms with E-state index in [1.165, 1.54) is 12.1 Å². The summed E-state index contributed by atoms with van der Waals surface area (Å²) < 4.78 is 12.9. The maximum absolute atomic E-state index is 12.9. The second-order valence-corrected chi connectivity index (χ2v) is 3.77. The smallest absolute Gasteiger partial charge is 0.227 e. The van der Waals surface area contributed by atoms with Gasteiger partial charge in [-0.05, 0) is 37.1 Å². The van der Waals surface area contributed by atoms with E-state index in [2.05, 4.69) is 5.32 Å². The summed E-state index contributed by atoms with van der Waals surface area (Å²) >= 11 is 0. The van der Waals surface area contributed by atoms with Gasteiger partial charge in [0.05, 0.1) is 0 Å². The molecule has 0 aliphatic carbocycles. The summed E-state index contributed by atoms with van der Waals surface area (Å²) in [7, 11) is 0. The summed E-state index contributed by atoms with van der Waals surface area (Å²) in [5.41, 5.74) is 7.00. The van der Waals surface area contributed by atoms with E-state index in [1.807, 2.05) is 0 Å². The molecule has 0 bridgehead atoms. The van der Waals surface area contributed by atoms with E-state index in [9.17, 15) is 9.18 Å². The largest absolute Gasteiger partial charge is 0.330 e. The highest BCUT2D eigenvalue weighted by Crippen LogP contribution is 2.27. The highest BCUT2D eigenvalue weighted by Gasteiger charge is 2.25. The molecule has 15 heavy (non-hydrogen) atoms. The molecule has 1 aromatic carbocycles. The number of hydrogen-bond acceptors (Lipinski definition) is 2. The maximum atomic E-state index is 12.9. The van der Waals surface area contributed by atoms with Gasteiger partial charge in [0.25, 0.3) is 0 Å². The molecule has 1 unspecified atom stereocenters. The first-order valence-corrected chi connectivity index (χ1v) is 5.00. The van der Waals surface area contributed by atoms with Gasteiger partial charge in [0, 0.05) is 11.6 Å². The van der Waals surface area contributed by atoms with Crippen molar-refractivity contribution in [3.63, 3.8) is 0 Å². The molecule has 3 N–H and O–H groups in total. The molecule has 2 rings (SSSR count). The van der Waals surface area contributed by atoms with Crippen LogP contribution in [0.5, 0.6) is 0 Å². The van der Waals surface area contributed by atoms with E-state index >= 15 is 0 Å². The summed E-state index contributed by atoms with van der Waals surface area (Å²) in [6, 6.07) is 4.48. The lowest BCUT2D eigenvalue weighted by atomic mass is 9.91. The van der Waals surface area contributed by atoms with Crippen molar-refractivity contribution in [1.29, 1.82) is 0 Å². The SMILES string of the molecule is NCCC1Cc2ccc(F)cc2NC1=O. The second kappa shape index (κ2) is 3.98. The number of carbonyl (C=O) groups is 1. The molecule has 0 saturated carbocycles. The van der Waals surface area contributed by atoms with E-state index in [-0.39, 0.29) is 17.6 Å². The summed E-state index contributed by atoms with van der Waals surface area (Å²) in [5.74, 6) is -0.460. The number of carbonyl (C=O) groups excluding carboxylic acids is 1. The van der Waals surface area contributed by atoms with E-state index in [1.54, 1.807) is 6.07 Å². The minimum Gasteiger partial charge on any atom is -0.330 e. The van der Waals surface area contributed by atoms with Gasteiger partial charge in [0.15, 0.2) is 0 Å². The highest BCUT2D eigenvalue weighted by molar-refractivity contribution is 5.95. The van der Waals surface area contributed by atoms with E-state index in [0.717, 1.165) is 5.56 Å². The molecule has 1 aliphatic heterocycles. The van der Waals surface area contributed by atoms with Gasteiger partial charge in [-0.25, -0.2) is 4.39 Å². The van der Waals surface area contributed by atoms with Gasteiger partial charge < -0.3 is 11.1 Å². The van der Waals surface area contributed by atoms with E-state index < -0.39 is 0 Å². The van der Waals surface area contributed by atoms with Gasteiger partial charge in [-0.3, -0.25) is 4.79 Å². The van der Waals surface area contributed by atoms with E-state index in [4.69, 9.17) is 5.73 Å². The first-order valence-electron chi connectivity index (χ1n) is 5.00. The zero-order valence-electron chi connectivity index (χ0n) is 8.29. The van der Waals surface area contributed by atoms with Crippen LogP contribution in [0.4, 0.5) is 10.1 Å². The minimum atomic E-state index is -0.327. The van der Waals surface area contributed by atoms with E-state index in [0.29, 0.717) is 25.1 Å². The molecule has 0 saturated heterocycles. The van der Waals surface area contributed by atoms with Crippen LogP contribution in [0, 0.1) is 11.7 Å². The normalized spacial score (nSPS) is 19.6. The molecule has 80 valence electrons. The molecule has 1 atom stereocenters. The lowest BCUT2D eigenvalue weighted by Crippen LogP contribution is -2.31. The Bertz CT molecular complexity index is 392. The van der Waals surface area contributed by atoms with Crippen LogP contribution in [0.25, 0.3) is 0 Å². The van der Waals surface area contributed by atoms with Crippen LogP contribution in [0.3, 0.4) is 0 Å². The van der Waals surface area contributed by atoms with Gasteiger partial charge in [-0.15, -0.1) is 0 Å². The zero-order chi connectivity index (χ0) is 10.8. The third kappa shape index (κ3) is 1.99. The number of nitrogens with one attached hydrogen (secondary N) is 1. The lowest BCUT2D eigenvalue weighted by molar-refractivity contribution is -0.120. The molecule has 4 heteroatoms. The van der Waals surface area contributed by atoms with Crippen LogP contribution in [0.1, 0.15) is 12.0 Å². The van der Waals surface area contributed by atoms with Gasteiger partial charge in [0.2, 0.25) is 5.91 Å². The Kier molecular flexibility index (Phi) is 2.68. The molecule has 1 amide bonds. The van der Waals surface area contributed by atoms with Gasteiger partial charge in [-0.1, -0.05) is 6.07 Å². The van der Waals surface area contributed by atoms with Crippen molar-refractivity contribution in [2.75, 3.05) is 11.9 Å². The fourth-order valence-electron chi connectivity index (χ4n) is 1.87. The monoisotopic (exact) mass is 208 g/mol. The van der Waals surface area contributed by atoms with Crippen molar-refractivity contribution in [2.24, 2.45) is 11.7 Å². The van der Waals surface area contributed by atoms with Gasteiger partial charge in [0.1, 0.15) is 5.82 Å². The first-order chi connectivity index (χ1) is 7.20. The Hall–Kier alpha value is -1.42. The number of hydrogen-bond donors (Lipinski definition) is 2. The van der Waals surface area contributed by atoms with Crippen molar-refractivity contribution in [1.82, 2.24) is 0 Å². The van der Waals surface area contributed by atoms with Crippen molar-refractivity contribution in [3.05, 3.63) is 29.6 Å². The molecule has 0 radical (unpaired) electrons. The molecule has 1 aliphatic rings. The first kappa shape index (κ1) is 10.1. The summed E-state index contributed by atoms with van der Waals surface area (Å²) in [6.07, 6.45) is 1.32. The predicted molar refractivity (Wildman–Crippen MR) is 55.9 cm³/mol. The van der Waals surface area contributed by atoms with Crippen LogP contribution in [0.2, 0.25) is 0 Å². The summed E-state index contributed by atoms with van der Waals surface area (Å²) in [4.78, 5) is 11.6. The number of rotatable bonds is 2. The summed E-state index contributed by atoms with van der Waals surface area (Å²) in [6.45, 7) is 0.495. The molecular formula is C11H13FN2O. The molecule has 3 nitrogen and oxygen atoms in total. The third-order valence-corrected chi connectivity index (χ3v) is 2.68.